The van der Waals surface area contributed by atoms with Crippen molar-refractivity contribution in [3.63, 3.8) is 0 Å². The van der Waals surface area contributed by atoms with Gasteiger partial charge in [-0.2, -0.15) is 0 Å². The maximum Gasteiger partial charge on any atom is 0.226 e. The number of amides is 1. The second-order valence-electron chi connectivity index (χ2n) is 12.8. The molecule has 194 valence electrons. The van der Waals surface area contributed by atoms with Gasteiger partial charge in [-0.15, -0.1) is 0 Å². The smallest absolute Gasteiger partial charge is 0.226 e. The normalized spacial score (nSPS) is 45.1. The van der Waals surface area contributed by atoms with Crippen LogP contribution in [0.3, 0.4) is 0 Å². The fourth-order valence-electron chi connectivity index (χ4n) is 9.68. The summed E-state index contributed by atoms with van der Waals surface area (Å²) in [7, 11) is 0. The number of likely N-dealkylation sites (tertiary alicyclic amines) is 1. The minimum absolute atomic E-state index is 0.0182. The summed E-state index contributed by atoms with van der Waals surface area (Å²) in [6.07, 6.45) is 15.5. The summed E-state index contributed by atoms with van der Waals surface area (Å²) in [5, 5.41) is 11.1. The van der Waals surface area contributed by atoms with Crippen molar-refractivity contribution >= 4 is 5.91 Å². The largest absolute Gasteiger partial charge is 0.447 e. The predicted octanol–water partition coefficient (Wildman–Crippen LogP) is 5.37. The zero-order chi connectivity index (χ0) is 24.2. The molecule has 1 aliphatic heterocycles. The van der Waals surface area contributed by atoms with E-state index in [0.29, 0.717) is 36.8 Å². The van der Waals surface area contributed by atoms with Crippen LogP contribution in [0.15, 0.2) is 16.9 Å². The molecule has 0 radical (unpaired) electrons. The topological polar surface area (TPSA) is 75.8 Å². The van der Waals surface area contributed by atoms with Crippen LogP contribution in [0.4, 0.5) is 0 Å². The Hall–Kier alpha value is -1.40. The lowest BCUT2D eigenvalue weighted by Gasteiger charge is -2.57. The van der Waals surface area contributed by atoms with Gasteiger partial charge in [-0.05, 0) is 113 Å². The van der Waals surface area contributed by atoms with Crippen molar-refractivity contribution < 1.29 is 19.1 Å². The number of nitrogens with zero attached hydrogens (tertiary/aromatic N) is 2. The van der Waals surface area contributed by atoms with Crippen LogP contribution < -0.4 is 0 Å². The molecule has 6 rings (SSSR count). The second-order valence-corrected chi connectivity index (χ2v) is 12.8. The Morgan fingerprint density at radius 2 is 2.00 bits per heavy atom. The number of rotatable bonds is 5. The summed E-state index contributed by atoms with van der Waals surface area (Å²) < 4.78 is 11.3. The van der Waals surface area contributed by atoms with Crippen molar-refractivity contribution in [1.82, 2.24) is 9.88 Å². The highest BCUT2D eigenvalue weighted by molar-refractivity contribution is 5.81. The van der Waals surface area contributed by atoms with E-state index in [9.17, 15) is 9.90 Å². The molecule has 9 atom stereocenters. The van der Waals surface area contributed by atoms with Crippen LogP contribution >= 0.6 is 0 Å². The Balaban J connectivity index is 1.16. The molecule has 1 amide bonds. The third kappa shape index (κ3) is 3.98. The van der Waals surface area contributed by atoms with E-state index in [1.165, 1.54) is 32.1 Å². The first-order chi connectivity index (χ1) is 16.9. The summed E-state index contributed by atoms with van der Waals surface area (Å²) in [4.78, 5) is 20.5. The molecule has 5 fully saturated rings. The molecule has 0 spiro atoms. The van der Waals surface area contributed by atoms with E-state index in [1.807, 2.05) is 6.92 Å². The van der Waals surface area contributed by atoms with Gasteiger partial charge in [-0.1, -0.05) is 6.92 Å². The molecule has 6 nitrogen and oxygen atoms in total. The lowest BCUT2D eigenvalue weighted by atomic mass is 9.49. The van der Waals surface area contributed by atoms with E-state index in [1.54, 1.807) is 12.5 Å². The van der Waals surface area contributed by atoms with E-state index in [-0.39, 0.29) is 17.4 Å². The molecule has 0 aromatic carbocycles. The Morgan fingerprint density at radius 1 is 1.14 bits per heavy atom. The third-order valence-corrected chi connectivity index (χ3v) is 11.2. The molecule has 4 aliphatic carbocycles. The molecule has 6 heteroatoms. The van der Waals surface area contributed by atoms with Gasteiger partial charge in [-0.25, -0.2) is 4.98 Å². The molecular formula is C29H44N2O4. The van der Waals surface area contributed by atoms with Crippen LogP contribution in [-0.4, -0.2) is 46.3 Å². The zero-order valence-corrected chi connectivity index (χ0v) is 21.7. The Kier molecular flexibility index (Phi) is 6.28. The van der Waals surface area contributed by atoms with Gasteiger partial charge in [0.25, 0.3) is 0 Å². The first-order valence-electron chi connectivity index (χ1n) is 14.4. The number of hydrogen-bond donors (Lipinski definition) is 1. The Bertz CT molecular complexity index is 905. The van der Waals surface area contributed by atoms with E-state index >= 15 is 0 Å². The van der Waals surface area contributed by atoms with Crippen molar-refractivity contribution in [2.75, 3.05) is 19.8 Å². The van der Waals surface area contributed by atoms with E-state index in [4.69, 9.17) is 9.15 Å². The molecular weight excluding hydrogens is 440 g/mol. The molecule has 1 aromatic rings. The highest BCUT2D eigenvalue weighted by atomic mass is 16.5. The minimum Gasteiger partial charge on any atom is -0.447 e. The van der Waals surface area contributed by atoms with Gasteiger partial charge in [0.1, 0.15) is 12.3 Å². The number of fused-ring (bicyclic) bond motifs is 5. The number of oxazole rings is 1. The average Bonchev–Trinajstić information content (AvgIpc) is 3.61. The molecule has 1 aromatic heterocycles. The predicted molar refractivity (Wildman–Crippen MR) is 132 cm³/mol. The summed E-state index contributed by atoms with van der Waals surface area (Å²) in [5.41, 5.74) is -0.494. The van der Waals surface area contributed by atoms with Crippen molar-refractivity contribution in [3.8, 4) is 0 Å². The SMILES string of the molecule is CCOC[C@@]1(O)CC[C@H]2[C@H](CC[C@@H]3[C@@H]2CC[C@]2(C)[C@@H](C(=O)N4CCC[C@H]4c4ncco4)CC[C@@H]32)C1. The first-order valence-corrected chi connectivity index (χ1v) is 14.4. The third-order valence-electron chi connectivity index (χ3n) is 11.2. The molecule has 0 unspecified atom stereocenters. The van der Waals surface area contributed by atoms with Crippen LogP contribution in [0.1, 0.15) is 96.4 Å². The maximum absolute atomic E-state index is 14.0. The van der Waals surface area contributed by atoms with Crippen LogP contribution in [0.5, 0.6) is 0 Å². The van der Waals surface area contributed by atoms with Gasteiger partial charge in [-0.3, -0.25) is 4.79 Å². The molecule has 5 aliphatic rings. The van der Waals surface area contributed by atoms with Gasteiger partial charge in [0.05, 0.1) is 18.4 Å². The molecule has 4 saturated carbocycles. The standard InChI is InChI=1S/C29H44N2O4/c1-3-34-18-29(33)13-11-20-19(17-29)6-7-22-21(20)10-12-28(2)23(22)8-9-24(28)27(32)31-15-4-5-25(31)26-30-14-16-35-26/h14,16,19-25,33H,3-13,15,17-18H2,1-2H3/t19-,20+,21-,22-,23+,24-,25+,28+,29-/m1/s1. The number of aromatic nitrogens is 1. The van der Waals surface area contributed by atoms with Crippen LogP contribution in [0, 0.1) is 40.9 Å². The lowest BCUT2D eigenvalue weighted by Crippen LogP contribution is -2.53. The maximum atomic E-state index is 14.0. The molecule has 1 saturated heterocycles. The fraction of sp³-hybridized carbons (Fsp3) is 0.862. The number of carbonyl (C=O) groups is 1. The number of hydrogen-bond acceptors (Lipinski definition) is 5. The summed E-state index contributed by atoms with van der Waals surface area (Å²) in [6, 6.07) is 0.0182. The quantitative estimate of drug-likeness (QED) is 0.608. The van der Waals surface area contributed by atoms with Crippen molar-refractivity contribution in [2.45, 2.75) is 96.1 Å². The lowest BCUT2D eigenvalue weighted by molar-refractivity contribution is -0.147. The Morgan fingerprint density at radius 3 is 2.80 bits per heavy atom. The average molecular weight is 485 g/mol. The fourth-order valence-corrected chi connectivity index (χ4v) is 9.68. The van der Waals surface area contributed by atoms with E-state index in [2.05, 4.69) is 16.8 Å². The second kappa shape index (κ2) is 9.16. The Labute approximate surface area is 210 Å². The summed E-state index contributed by atoms with van der Waals surface area (Å²) in [5.74, 6) is 4.82. The summed E-state index contributed by atoms with van der Waals surface area (Å²) >= 11 is 0. The van der Waals surface area contributed by atoms with Gasteiger partial charge >= 0.3 is 0 Å². The van der Waals surface area contributed by atoms with Gasteiger partial charge < -0.3 is 19.2 Å². The highest BCUT2D eigenvalue weighted by Gasteiger charge is 2.60. The number of aliphatic hydroxyl groups is 1. The first kappa shape index (κ1) is 24.0. The van der Waals surface area contributed by atoms with Crippen LogP contribution in [0.2, 0.25) is 0 Å². The number of carbonyl (C=O) groups excluding carboxylic acids is 1. The molecule has 35 heavy (non-hydrogen) atoms. The molecule has 0 bridgehead atoms. The van der Waals surface area contributed by atoms with Gasteiger partial charge in [0.15, 0.2) is 0 Å². The van der Waals surface area contributed by atoms with Crippen molar-refractivity contribution in [2.24, 2.45) is 40.9 Å². The molecule has 1 N–H and O–H groups in total. The zero-order valence-electron chi connectivity index (χ0n) is 21.7. The number of ether oxygens (including phenoxy) is 1. The van der Waals surface area contributed by atoms with Crippen molar-refractivity contribution in [3.05, 3.63) is 18.4 Å². The van der Waals surface area contributed by atoms with Gasteiger partial charge in [0, 0.05) is 19.1 Å². The summed E-state index contributed by atoms with van der Waals surface area (Å²) in [6.45, 7) is 6.47. The van der Waals surface area contributed by atoms with Crippen LogP contribution in [0.25, 0.3) is 0 Å². The molecule has 2 heterocycles. The van der Waals surface area contributed by atoms with E-state index < -0.39 is 5.60 Å². The van der Waals surface area contributed by atoms with Crippen molar-refractivity contribution in [1.29, 1.82) is 0 Å². The minimum atomic E-state index is -0.618. The monoisotopic (exact) mass is 484 g/mol. The highest BCUT2D eigenvalue weighted by Crippen LogP contribution is 2.65. The van der Waals surface area contributed by atoms with E-state index in [0.717, 1.165) is 62.8 Å². The van der Waals surface area contributed by atoms with Gasteiger partial charge in [0.2, 0.25) is 11.8 Å². The van der Waals surface area contributed by atoms with Crippen LogP contribution in [-0.2, 0) is 9.53 Å².